The van der Waals surface area contributed by atoms with E-state index in [-0.39, 0.29) is 0 Å². The predicted molar refractivity (Wildman–Crippen MR) is 66.0 cm³/mol. The topological polar surface area (TPSA) is 43.1 Å². The van der Waals surface area contributed by atoms with Crippen molar-refractivity contribution in [3.63, 3.8) is 0 Å². The molecule has 2 rings (SSSR count). The van der Waals surface area contributed by atoms with Gasteiger partial charge >= 0.3 is 0 Å². The third-order valence-corrected chi connectivity index (χ3v) is 4.67. The molecule has 2 fully saturated rings. The zero-order valence-electron chi connectivity index (χ0n) is 10.5. The average Bonchev–Trinajstić information content (AvgIpc) is 2.76. The minimum atomic E-state index is 0.306. The first-order valence-corrected chi connectivity index (χ1v) is 6.96. The molecule has 0 aliphatic heterocycles. The van der Waals surface area contributed by atoms with E-state index in [0.29, 0.717) is 30.1 Å². The van der Waals surface area contributed by atoms with Crippen molar-refractivity contribution in [2.75, 3.05) is 6.54 Å². The quantitative estimate of drug-likeness (QED) is 0.799. The Balaban J connectivity index is 1.95. The van der Waals surface area contributed by atoms with E-state index in [1.54, 1.807) is 0 Å². The lowest BCUT2D eigenvalue weighted by Gasteiger charge is -2.29. The summed E-state index contributed by atoms with van der Waals surface area (Å²) >= 11 is 0. The molecule has 0 amide bonds. The van der Waals surface area contributed by atoms with E-state index in [2.05, 4.69) is 6.92 Å². The van der Waals surface area contributed by atoms with Crippen molar-refractivity contribution in [1.29, 1.82) is 0 Å². The summed E-state index contributed by atoms with van der Waals surface area (Å²) in [7, 11) is 0. The maximum absolute atomic E-state index is 12.5. The Morgan fingerprint density at radius 1 is 1.19 bits per heavy atom. The van der Waals surface area contributed by atoms with Crippen molar-refractivity contribution >= 4 is 5.78 Å². The average molecular weight is 223 g/mol. The Bertz CT molecular complexity index is 251. The summed E-state index contributed by atoms with van der Waals surface area (Å²) in [5.74, 6) is 2.46. The maximum atomic E-state index is 12.5. The maximum Gasteiger partial charge on any atom is 0.139 e. The lowest BCUT2D eigenvalue weighted by Crippen LogP contribution is -2.32. The molecule has 2 aliphatic carbocycles. The predicted octanol–water partition coefficient (Wildman–Crippen LogP) is 2.76. The van der Waals surface area contributed by atoms with E-state index < -0.39 is 0 Å². The number of rotatable bonds is 3. The number of ketones is 1. The molecule has 0 bridgehead atoms. The molecule has 2 saturated carbocycles. The van der Waals surface area contributed by atoms with Crippen LogP contribution in [0.3, 0.4) is 0 Å². The van der Waals surface area contributed by atoms with Crippen molar-refractivity contribution in [3.8, 4) is 0 Å². The van der Waals surface area contributed by atoms with E-state index in [1.165, 1.54) is 25.7 Å². The van der Waals surface area contributed by atoms with Gasteiger partial charge in [0.05, 0.1) is 0 Å². The fraction of sp³-hybridized carbons (Fsp3) is 0.929. The number of hydrogen-bond donors (Lipinski definition) is 1. The molecule has 0 aromatic carbocycles. The highest BCUT2D eigenvalue weighted by atomic mass is 16.1. The molecule has 0 heterocycles. The lowest BCUT2D eigenvalue weighted by molar-refractivity contribution is -0.129. The monoisotopic (exact) mass is 223 g/mol. The normalized spacial score (nSPS) is 39.9. The first-order valence-electron chi connectivity index (χ1n) is 6.96. The summed E-state index contributed by atoms with van der Waals surface area (Å²) in [6, 6.07) is 0. The van der Waals surface area contributed by atoms with Crippen LogP contribution in [-0.2, 0) is 4.79 Å². The molecule has 2 heteroatoms. The van der Waals surface area contributed by atoms with Crippen molar-refractivity contribution in [2.45, 2.75) is 51.9 Å². The van der Waals surface area contributed by atoms with Crippen LogP contribution in [0.2, 0.25) is 0 Å². The molecule has 0 aromatic rings. The molecule has 4 atom stereocenters. The van der Waals surface area contributed by atoms with Gasteiger partial charge in [-0.2, -0.15) is 0 Å². The van der Waals surface area contributed by atoms with E-state index in [4.69, 9.17) is 5.73 Å². The van der Waals surface area contributed by atoms with Crippen LogP contribution in [0.1, 0.15) is 51.9 Å². The van der Waals surface area contributed by atoms with Crippen LogP contribution in [0, 0.1) is 23.7 Å². The minimum absolute atomic E-state index is 0.306. The highest BCUT2D eigenvalue weighted by Crippen LogP contribution is 2.38. The number of Topliss-reactive ketones (excluding diaryl/α,β-unsaturated/α-hetero) is 1. The highest BCUT2D eigenvalue weighted by Gasteiger charge is 2.36. The van der Waals surface area contributed by atoms with E-state index >= 15 is 0 Å². The molecular formula is C14H25NO. The second-order valence-corrected chi connectivity index (χ2v) is 5.90. The molecule has 92 valence electrons. The minimum Gasteiger partial charge on any atom is -0.330 e. The third-order valence-electron chi connectivity index (χ3n) is 4.67. The van der Waals surface area contributed by atoms with Crippen molar-refractivity contribution < 1.29 is 4.79 Å². The van der Waals surface area contributed by atoms with Crippen molar-refractivity contribution in [2.24, 2.45) is 29.4 Å². The van der Waals surface area contributed by atoms with Crippen LogP contribution >= 0.6 is 0 Å². The summed E-state index contributed by atoms with van der Waals surface area (Å²) in [6.45, 7) is 2.99. The first kappa shape index (κ1) is 12.1. The fourth-order valence-electron chi connectivity index (χ4n) is 3.69. The van der Waals surface area contributed by atoms with E-state index in [1.807, 2.05) is 0 Å². The van der Waals surface area contributed by atoms with Gasteiger partial charge in [0.15, 0.2) is 0 Å². The molecule has 0 aromatic heterocycles. The molecule has 2 aliphatic rings. The largest absolute Gasteiger partial charge is 0.330 e. The van der Waals surface area contributed by atoms with Crippen LogP contribution in [0.5, 0.6) is 0 Å². The zero-order chi connectivity index (χ0) is 11.5. The summed E-state index contributed by atoms with van der Waals surface area (Å²) in [5, 5.41) is 0. The van der Waals surface area contributed by atoms with Crippen LogP contribution in [-0.4, -0.2) is 12.3 Å². The number of carbonyl (C=O) groups excluding carboxylic acids is 1. The Morgan fingerprint density at radius 2 is 1.94 bits per heavy atom. The van der Waals surface area contributed by atoms with Gasteiger partial charge in [-0.1, -0.05) is 26.2 Å². The van der Waals surface area contributed by atoms with Gasteiger partial charge in [0.25, 0.3) is 0 Å². The number of nitrogens with two attached hydrogens (primary N) is 1. The van der Waals surface area contributed by atoms with Crippen LogP contribution in [0.15, 0.2) is 0 Å². The van der Waals surface area contributed by atoms with E-state index in [9.17, 15) is 4.79 Å². The Labute approximate surface area is 99.0 Å². The van der Waals surface area contributed by atoms with Crippen molar-refractivity contribution in [1.82, 2.24) is 0 Å². The first-order chi connectivity index (χ1) is 7.72. The van der Waals surface area contributed by atoms with Gasteiger partial charge in [-0.15, -0.1) is 0 Å². The van der Waals surface area contributed by atoms with E-state index in [0.717, 1.165) is 25.2 Å². The van der Waals surface area contributed by atoms with Gasteiger partial charge < -0.3 is 5.73 Å². The van der Waals surface area contributed by atoms with Crippen LogP contribution < -0.4 is 5.73 Å². The molecule has 0 radical (unpaired) electrons. The van der Waals surface area contributed by atoms with Crippen LogP contribution in [0.25, 0.3) is 0 Å². The summed E-state index contributed by atoms with van der Waals surface area (Å²) in [4.78, 5) is 12.5. The summed E-state index contributed by atoms with van der Waals surface area (Å²) in [5.41, 5.74) is 5.77. The van der Waals surface area contributed by atoms with Gasteiger partial charge in [0.2, 0.25) is 0 Å². The molecular weight excluding hydrogens is 198 g/mol. The molecule has 4 unspecified atom stereocenters. The molecule has 2 nitrogen and oxygen atoms in total. The van der Waals surface area contributed by atoms with Crippen molar-refractivity contribution in [3.05, 3.63) is 0 Å². The number of hydrogen-bond acceptors (Lipinski definition) is 2. The molecule has 2 N–H and O–H groups in total. The van der Waals surface area contributed by atoms with Gasteiger partial charge in [0, 0.05) is 11.8 Å². The van der Waals surface area contributed by atoms with Gasteiger partial charge in [-0.05, 0) is 44.1 Å². The fourth-order valence-corrected chi connectivity index (χ4v) is 3.69. The van der Waals surface area contributed by atoms with Gasteiger partial charge in [-0.3, -0.25) is 4.79 Å². The second-order valence-electron chi connectivity index (χ2n) is 5.90. The van der Waals surface area contributed by atoms with Gasteiger partial charge in [0.1, 0.15) is 5.78 Å². The Kier molecular flexibility index (Phi) is 4.01. The standard InChI is InChI=1S/C14H25NO/c1-10-4-2-5-11(8-10)14(16)13-7-3-6-12(13)9-15/h10-13H,2-9,15H2,1H3. The van der Waals surface area contributed by atoms with Gasteiger partial charge in [-0.25, -0.2) is 0 Å². The Hall–Kier alpha value is -0.370. The lowest BCUT2D eigenvalue weighted by atomic mass is 9.75. The SMILES string of the molecule is CC1CCCC(C(=O)C2CCCC2CN)C1. The highest BCUT2D eigenvalue weighted by molar-refractivity contribution is 5.84. The Morgan fingerprint density at radius 3 is 2.62 bits per heavy atom. The summed E-state index contributed by atoms with van der Waals surface area (Å²) in [6.07, 6.45) is 8.32. The zero-order valence-corrected chi connectivity index (χ0v) is 10.5. The second kappa shape index (κ2) is 5.31. The van der Waals surface area contributed by atoms with Crippen LogP contribution in [0.4, 0.5) is 0 Å². The number of carbonyl (C=O) groups is 1. The third kappa shape index (κ3) is 2.48. The summed E-state index contributed by atoms with van der Waals surface area (Å²) < 4.78 is 0. The molecule has 0 saturated heterocycles. The molecule has 0 spiro atoms. The smallest absolute Gasteiger partial charge is 0.139 e. The molecule has 16 heavy (non-hydrogen) atoms.